The summed E-state index contributed by atoms with van der Waals surface area (Å²) in [4.78, 5) is 12.5. The third kappa shape index (κ3) is 3.49. The number of hydrogen-bond donors (Lipinski definition) is 1. The molecule has 2 aromatic heterocycles. The summed E-state index contributed by atoms with van der Waals surface area (Å²) in [6, 6.07) is 5.75. The fourth-order valence-corrected chi connectivity index (χ4v) is 1.57. The molecule has 0 bridgehead atoms. The van der Waals surface area contributed by atoms with Gasteiger partial charge in [0.25, 0.3) is 0 Å². The van der Waals surface area contributed by atoms with Gasteiger partial charge in [0.2, 0.25) is 5.88 Å². The zero-order valence-electron chi connectivity index (χ0n) is 10.6. The highest BCUT2D eigenvalue weighted by atomic mass is 16.5. The summed E-state index contributed by atoms with van der Waals surface area (Å²) < 4.78 is 5.01. The summed E-state index contributed by atoms with van der Waals surface area (Å²) in [6.07, 6.45) is 3.57. The molecule has 0 saturated heterocycles. The molecule has 0 amide bonds. The molecular formula is C13H16N4O. The summed E-state index contributed by atoms with van der Waals surface area (Å²) in [5.41, 5.74) is 2.10. The average molecular weight is 244 g/mol. The van der Waals surface area contributed by atoms with Gasteiger partial charge in [-0.05, 0) is 18.6 Å². The highest BCUT2D eigenvalue weighted by Crippen LogP contribution is 2.06. The first kappa shape index (κ1) is 12.4. The molecule has 0 fully saturated rings. The zero-order valence-corrected chi connectivity index (χ0v) is 10.6. The Hall–Kier alpha value is -2.01. The van der Waals surface area contributed by atoms with E-state index in [4.69, 9.17) is 4.74 Å². The highest BCUT2D eigenvalue weighted by Gasteiger charge is 1.98. The molecule has 2 aromatic rings. The first-order valence-corrected chi connectivity index (χ1v) is 5.76. The third-order valence-corrected chi connectivity index (χ3v) is 2.48. The van der Waals surface area contributed by atoms with Crippen molar-refractivity contribution in [3.8, 4) is 5.88 Å². The van der Waals surface area contributed by atoms with E-state index in [0.717, 1.165) is 30.2 Å². The molecule has 2 heterocycles. The van der Waals surface area contributed by atoms with Crippen LogP contribution in [0.5, 0.6) is 5.88 Å². The Morgan fingerprint density at radius 3 is 2.72 bits per heavy atom. The number of rotatable bonds is 5. The van der Waals surface area contributed by atoms with Crippen LogP contribution in [0.3, 0.4) is 0 Å². The minimum atomic E-state index is 0.630. The topological polar surface area (TPSA) is 59.9 Å². The van der Waals surface area contributed by atoms with E-state index in [1.54, 1.807) is 19.5 Å². The van der Waals surface area contributed by atoms with Gasteiger partial charge in [0, 0.05) is 31.5 Å². The van der Waals surface area contributed by atoms with Crippen LogP contribution in [0, 0.1) is 6.92 Å². The van der Waals surface area contributed by atoms with Gasteiger partial charge in [0.05, 0.1) is 12.8 Å². The molecule has 18 heavy (non-hydrogen) atoms. The number of ether oxygens (including phenoxy) is 1. The number of nitrogens with zero attached hydrogens (tertiary/aromatic N) is 3. The monoisotopic (exact) mass is 244 g/mol. The van der Waals surface area contributed by atoms with Crippen molar-refractivity contribution in [3.05, 3.63) is 47.7 Å². The van der Waals surface area contributed by atoms with E-state index in [1.165, 1.54) is 0 Å². The van der Waals surface area contributed by atoms with Gasteiger partial charge in [-0.3, -0.25) is 0 Å². The van der Waals surface area contributed by atoms with Gasteiger partial charge in [-0.15, -0.1) is 0 Å². The Labute approximate surface area is 106 Å². The van der Waals surface area contributed by atoms with Crippen LogP contribution in [-0.2, 0) is 13.1 Å². The van der Waals surface area contributed by atoms with Crippen LogP contribution >= 0.6 is 0 Å². The van der Waals surface area contributed by atoms with E-state index in [0.29, 0.717) is 5.88 Å². The molecule has 0 saturated carbocycles. The summed E-state index contributed by atoms with van der Waals surface area (Å²) in [5.74, 6) is 1.42. The summed E-state index contributed by atoms with van der Waals surface area (Å²) >= 11 is 0. The lowest BCUT2D eigenvalue weighted by molar-refractivity contribution is 0.397. The van der Waals surface area contributed by atoms with Crippen LogP contribution in [0.15, 0.2) is 30.6 Å². The van der Waals surface area contributed by atoms with Crippen molar-refractivity contribution in [2.75, 3.05) is 7.11 Å². The summed E-state index contributed by atoms with van der Waals surface area (Å²) in [5, 5.41) is 3.31. The van der Waals surface area contributed by atoms with E-state index in [-0.39, 0.29) is 0 Å². The molecular weight excluding hydrogens is 228 g/mol. The molecule has 0 unspecified atom stereocenters. The molecule has 0 aromatic carbocycles. The van der Waals surface area contributed by atoms with Crippen molar-refractivity contribution >= 4 is 0 Å². The van der Waals surface area contributed by atoms with Crippen molar-refractivity contribution in [2.45, 2.75) is 20.0 Å². The van der Waals surface area contributed by atoms with Crippen LogP contribution in [0.25, 0.3) is 0 Å². The molecule has 0 aliphatic carbocycles. The van der Waals surface area contributed by atoms with E-state index in [1.807, 2.05) is 25.1 Å². The summed E-state index contributed by atoms with van der Waals surface area (Å²) in [7, 11) is 1.61. The zero-order chi connectivity index (χ0) is 12.8. The van der Waals surface area contributed by atoms with Crippen molar-refractivity contribution in [1.82, 2.24) is 20.3 Å². The van der Waals surface area contributed by atoms with E-state index in [2.05, 4.69) is 20.3 Å². The first-order valence-electron chi connectivity index (χ1n) is 5.76. The number of aromatic nitrogens is 3. The first-order chi connectivity index (χ1) is 8.78. The minimum absolute atomic E-state index is 0.630. The van der Waals surface area contributed by atoms with Crippen molar-refractivity contribution < 1.29 is 4.74 Å². The van der Waals surface area contributed by atoms with Gasteiger partial charge in [-0.2, -0.15) is 0 Å². The van der Waals surface area contributed by atoms with Crippen LogP contribution in [-0.4, -0.2) is 22.1 Å². The van der Waals surface area contributed by atoms with E-state index >= 15 is 0 Å². The lowest BCUT2D eigenvalue weighted by atomic mass is 10.3. The summed E-state index contributed by atoms with van der Waals surface area (Å²) in [6.45, 7) is 3.35. The Balaban J connectivity index is 1.84. The molecule has 0 aliphatic rings. The molecule has 0 spiro atoms. The van der Waals surface area contributed by atoms with E-state index < -0.39 is 0 Å². The number of hydrogen-bond acceptors (Lipinski definition) is 5. The standard InChI is InChI=1S/C13H16N4O/c1-10-15-6-5-12(17-10)9-14-7-11-3-4-13(18-2)16-8-11/h3-6,8,14H,7,9H2,1-2H3. The van der Waals surface area contributed by atoms with Crippen molar-refractivity contribution in [1.29, 1.82) is 0 Å². The number of nitrogens with one attached hydrogen (secondary N) is 1. The highest BCUT2D eigenvalue weighted by molar-refractivity contribution is 5.17. The van der Waals surface area contributed by atoms with Crippen LogP contribution < -0.4 is 10.1 Å². The second-order valence-electron chi connectivity index (χ2n) is 3.91. The van der Waals surface area contributed by atoms with Crippen LogP contribution in [0.1, 0.15) is 17.1 Å². The number of methoxy groups -OCH3 is 1. The molecule has 5 heteroatoms. The second-order valence-corrected chi connectivity index (χ2v) is 3.91. The van der Waals surface area contributed by atoms with Crippen molar-refractivity contribution in [2.24, 2.45) is 0 Å². The SMILES string of the molecule is COc1ccc(CNCc2ccnc(C)n2)cn1. The largest absolute Gasteiger partial charge is 0.481 e. The van der Waals surface area contributed by atoms with Gasteiger partial charge in [0.15, 0.2) is 0 Å². The Bertz CT molecular complexity index is 499. The quantitative estimate of drug-likeness (QED) is 0.863. The smallest absolute Gasteiger partial charge is 0.212 e. The van der Waals surface area contributed by atoms with Gasteiger partial charge < -0.3 is 10.1 Å². The van der Waals surface area contributed by atoms with Gasteiger partial charge >= 0.3 is 0 Å². The van der Waals surface area contributed by atoms with Gasteiger partial charge in [-0.25, -0.2) is 15.0 Å². The molecule has 2 rings (SSSR count). The number of aryl methyl sites for hydroxylation is 1. The van der Waals surface area contributed by atoms with Crippen LogP contribution in [0.2, 0.25) is 0 Å². The maximum Gasteiger partial charge on any atom is 0.212 e. The predicted molar refractivity (Wildman–Crippen MR) is 68.1 cm³/mol. The average Bonchev–Trinajstić information content (AvgIpc) is 2.40. The van der Waals surface area contributed by atoms with Crippen LogP contribution in [0.4, 0.5) is 0 Å². The third-order valence-electron chi connectivity index (χ3n) is 2.48. The molecule has 0 aliphatic heterocycles. The molecule has 94 valence electrons. The second kappa shape index (κ2) is 6.07. The van der Waals surface area contributed by atoms with Gasteiger partial charge in [0.1, 0.15) is 5.82 Å². The molecule has 5 nitrogen and oxygen atoms in total. The van der Waals surface area contributed by atoms with Crippen molar-refractivity contribution in [3.63, 3.8) is 0 Å². The fraction of sp³-hybridized carbons (Fsp3) is 0.308. The lowest BCUT2D eigenvalue weighted by Gasteiger charge is -2.05. The maximum absolute atomic E-state index is 5.01. The lowest BCUT2D eigenvalue weighted by Crippen LogP contribution is -2.14. The Morgan fingerprint density at radius 2 is 2.06 bits per heavy atom. The molecule has 0 radical (unpaired) electrons. The normalized spacial score (nSPS) is 10.3. The van der Waals surface area contributed by atoms with Gasteiger partial charge in [-0.1, -0.05) is 6.07 Å². The fourth-order valence-electron chi connectivity index (χ4n) is 1.57. The minimum Gasteiger partial charge on any atom is -0.481 e. The Kier molecular flexibility index (Phi) is 4.20. The molecule has 0 atom stereocenters. The molecule has 1 N–H and O–H groups in total. The number of pyridine rings is 1. The Morgan fingerprint density at radius 1 is 1.17 bits per heavy atom. The maximum atomic E-state index is 5.01. The predicted octanol–water partition coefficient (Wildman–Crippen LogP) is 1.48. The van der Waals surface area contributed by atoms with E-state index in [9.17, 15) is 0 Å².